The van der Waals surface area contributed by atoms with Crippen molar-refractivity contribution in [2.24, 2.45) is 0 Å². The van der Waals surface area contributed by atoms with Crippen molar-refractivity contribution in [2.75, 3.05) is 13.1 Å². The molecule has 90 valence electrons. The van der Waals surface area contributed by atoms with Gasteiger partial charge in [-0.05, 0) is 19.1 Å². The molecule has 1 aliphatic rings. The van der Waals surface area contributed by atoms with Crippen molar-refractivity contribution in [3.8, 4) is 0 Å². The molecule has 1 aromatic rings. The lowest BCUT2D eigenvalue weighted by Crippen LogP contribution is -2.38. The van der Waals surface area contributed by atoms with Gasteiger partial charge in [0, 0.05) is 25.9 Å². The van der Waals surface area contributed by atoms with Gasteiger partial charge in [-0.1, -0.05) is 11.6 Å². The number of likely N-dealkylation sites (tertiary alicyclic amines) is 1. The third-order valence-electron chi connectivity index (χ3n) is 2.89. The summed E-state index contributed by atoms with van der Waals surface area (Å²) in [7, 11) is 0. The highest BCUT2D eigenvalue weighted by Crippen LogP contribution is 2.15. The monoisotopic (exact) mass is 252 g/mol. The molecular formula is C12H13ClN2O2. The van der Waals surface area contributed by atoms with Gasteiger partial charge >= 0.3 is 0 Å². The van der Waals surface area contributed by atoms with Gasteiger partial charge in [-0.2, -0.15) is 0 Å². The van der Waals surface area contributed by atoms with Crippen LogP contribution < -0.4 is 0 Å². The van der Waals surface area contributed by atoms with Crippen molar-refractivity contribution < 1.29 is 9.59 Å². The number of aromatic nitrogens is 1. The molecule has 2 heterocycles. The van der Waals surface area contributed by atoms with Gasteiger partial charge in [0.05, 0.1) is 11.3 Å². The van der Waals surface area contributed by atoms with E-state index in [1.165, 1.54) is 0 Å². The number of halogens is 1. The number of rotatable bonds is 1. The molecule has 1 aromatic heterocycles. The molecule has 0 N–H and O–H groups in total. The molecule has 0 atom stereocenters. The second-order valence-electron chi connectivity index (χ2n) is 4.10. The number of pyridine rings is 1. The quantitative estimate of drug-likeness (QED) is 0.717. The lowest BCUT2D eigenvalue weighted by Gasteiger charge is -2.26. The minimum Gasteiger partial charge on any atom is -0.338 e. The Kier molecular flexibility index (Phi) is 3.43. The zero-order chi connectivity index (χ0) is 12.4. The first-order valence-electron chi connectivity index (χ1n) is 5.52. The van der Waals surface area contributed by atoms with Crippen molar-refractivity contribution in [2.45, 2.75) is 19.8 Å². The van der Waals surface area contributed by atoms with Crippen LogP contribution in [0.3, 0.4) is 0 Å². The molecule has 2 rings (SSSR count). The van der Waals surface area contributed by atoms with Crippen LogP contribution >= 0.6 is 11.6 Å². The summed E-state index contributed by atoms with van der Waals surface area (Å²) < 4.78 is 0. The molecule has 0 spiro atoms. The van der Waals surface area contributed by atoms with Gasteiger partial charge in [0.2, 0.25) is 0 Å². The average Bonchev–Trinajstić information content (AvgIpc) is 2.29. The minimum absolute atomic E-state index is 0.0702. The van der Waals surface area contributed by atoms with Crippen LogP contribution in [0.1, 0.15) is 28.9 Å². The molecule has 0 radical (unpaired) electrons. The largest absolute Gasteiger partial charge is 0.338 e. The van der Waals surface area contributed by atoms with E-state index >= 15 is 0 Å². The number of ketones is 1. The van der Waals surface area contributed by atoms with Crippen LogP contribution in [0.25, 0.3) is 0 Å². The number of carbonyl (C=O) groups is 2. The summed E-state index contributed by atoms with van der Waals surface area (Å²) in [6.45, 7) is 2.76. The van der Waals surface area contributed by atoms with Crippen molar-refractivity contribution in [1.82, 2.24) is 9.88 Å². The Labute approximate surface area is 105 Å². The molecule has 1 saturated heterocycles. The summed E-state index contributed by atoms with van der Waals surface area (Å²) in [6.07, 6.45) is 0.900. The van der Waals surface area contributed by atoms with E-state index < -0.39 is 0 Å². The summed E-state index contributed by atoms with van der Waals surface area (Å²) >= 11 is 5.75. The molecule has 0 aliphatic carbocycles. The van der Waals surface area contributed by atoms with Gasteiger partial charge < -0.3 is 4.90 Å². The zero-order valence-corrected chi connectivity index (χ0v) is 10.3. The first kappa shape index (κ1) is 12.0. The number of Topliss-reactive ketones (excluding diaryl/α,β-unsaturated/α-hetero) is 1. The summed E-state index contributed by atoms with van der Waals surface area (Å²) in [5.74, 6) is 0.152. The predicted octanol–water partition coefficient (Wildman–Crippen LogP) is 1.85. The third kappa shape index (κ3) is 2.64. The van der Waals surface area contributed by atoms with Crippen LogP contribution in [0.15, 0.2) is 12.1 Å². The summed E-state index contributed by atoms with van der Waals surface area (Å²) in [5.41, 5.74) is 1.18. The standard InChI is InChI=1S/C12H13ClN2O2/c1-8-10(2-3-11(13)14-8)12(17)15-6-4-9(16)5-7-15/h2-3H,4-7H2,1H3. The Balaban J connectivity index is 2.16. The maximum Gasteiger partial charge on any atom is 0.255 e. The second-order valence-corrected chi connectivity index (χ2v) is 4.49. The topological polar surface area (TPSA) is 50.3 Å². The van der Waals surface area contributed by atoms with E-state index in [0.29, 0.717) is 42.3 Å². The van der Waals surface area contributed by atoms with Gasteiger partial charge in [0.25, 0.3) is 5.91 Å². The Morgan fingerprint density at radius 3 is 2.59 bits per heavy atom. The van der Waals surface area contributed by atoms with Crippen LogP contribution in [0.2, 0.25) is 5.15 Å². The first-order chi connectivity index (χ1) is 8.08. The number of hydrogen-bond acceptors (Lipinski definition) is 3. The molecule has 4 nitrogen and oxygen atoms in total. The normalized spacial score (nSPS) is 16.1. The average molecular weight is 253 g/mol. The fourth-order valence-electron chi connectivity index (χ4n) is 1.89. The van der Waals surface area contributed by atoms with Crippen LogP contribution in [0, 0.1) is 6.92 Å². The zero-order valence-electron chi connectivity index (χ0n) is 9.57. The number of amides is 1. The number of hydrogen-bond donors (Lipinski definition) is 0. The fraction of sp³-hybridized carbons (Fsp3) is 0.417. The molecule has 1 fully saturated rings. The molecule has 5 heteroatoms. The summed E-state index contributed by atoms with van der Waals surface area (Å²) in [6, 6.07) is 3.29. The highest BCUT2D eigenvalue weighted by atomic mass is 35.5. The Hall–Kier alpha value is -1.42. The summed E-state index contributed by atoms with van der Waals surface area (Å²) in [5, 5.41) is 0.382. The van der Waals surface area contributed by atoms with E-state index in [2.05, 4.69) is 4.98 Å². The molecular weight excluding hydrogens is 240 g/mol. The van der Waals surface area contributed by atoms with Crippen molar-refractivity contribution in [3.05, 3.63) is 28.5 Å². The van der Waals surface area contributed by atoms with Crippen molar-refractivity contribution in [3.63, 3.8) is 0 Å². The van der Waals surface area contributed by atoms with Gasteiger partial charge in [-0.25, -0.2) is 4.98 Å². The lowest BCUT2D eigenvalue weighted by molar-refractivity contribution is -0.120. The van der Waals surface area contributed by atoms with Crippen LogP contribution in [0.4, 0.5) is 0 Å². The molecule has 0 aromatic carbocycles. The fourth-order valence-corrected chi connectivity index (χ4v) is 2.08. The molecule has 0 bridgehead atoms. The lowest BCUT2D eigenvalue weighted by atomic mass is 10.1. The van der Waals surface area contributed by atoms with E-state index in [0.717, 1.165) is 0 Å². The maximum absolute atomic E-state index is 12.2. The molecule has 1 amide bonds. The molecule has 17 heavy (non-hydrogen) atoms. The van der Waals surface area contributed by atoms with Gasteiger partial charge in [-0.3, -0.25) is 9.59 Å². The van der Waals surface area contributed by atoms with Crippen LogP contribution in [-0.2, 0) is 4.79 Å². The van der Waals surface area contributed by atoms with Crippen molar-refractivity contribution in [1.29, 1.82) is 0 Å². The van der Waals surface area contributed by atoms with Crippen LogP contribution in [0.5, 0.6) is 0 Å². The van der Waals surface area contributed by atoms with Crippen molar-refractivity contribution >= 4 is 23.3 Å². The highest BCUT2D eigenvalue weighted by molar-refractivity contribution is 6.29. The smallest absolute Gasteiger partial charge is 0.255 e. The Morgan fingerprint density at radius 1 is 1.35 bits per heavy atom. The Bertz CT molecular complexity index is 464. The van der Waals surface area contributed by atoms with Gasteiger partial charge in [0.1, 0.15) is 10.9 Å². The third-order valence-corrected chi connectivity index (χ3v) is 3.10. The van der Waals surface area contributed by atoms with E-state index in [4.69, 9.17) is 11.6 Å². The second kappa shape index (κ2) is 4.84. The number of aryl methyl sites for hydroxylation is 1. The highest BCUT2D eigenvalue weighted by Gasteiger charge is 2.23. The van der Waals surface area contributed by atoms with E-state index in [-0.39, 0.29) is 11.7 Å². The summed E-state index contributed by atoms with van der Waals surface area (Å²) in [4.78, 5) is 29.0. The van der Waals surface area contributed by atoms with Gasteiger partial charge in [0.15, 0.2) is 0 Å². The Morgan fingerprint density at radius 2 is 2.00 bits per heavy atom. The van der Waals surface area contributed by atoms with E-state index in [1.54, 1.807) is 24.0 Å². The predicted molar refractivity (Wildman–Crippen MR) is 64.1 cm³/mol. The molecule has 0 saturated carbocycles. The van der Waals surface area contributed by atoms with Crippen LogP contribution in [-0.4, -0.2) is 34.7 Å². The van der Waals surface area contributed by atoms with E-state index in [1.807, 2.05) is 0 Å². The van der Waals surface area contributed by atoms with E-state index in [9.17, 15) is 9.59 Å². The number of carbonyl (C=O) groups excluding carboxylic acids is 2. The number of nitrogens with zero attached hydrogens (tertiary/aromatic N) is 2. The molecule has 1 aliphatic heterocycles. The maximum atomic E-state index is 12.2. The SMILES string of the molecule is Cc1nc(Cl)ccc1C(=O)N1CCC(=O)CC1. The molecule has 0 unspecified atom stereocenters. The first-order valence-corrected chi connectivity index (χ1v) is 5.90. The van der Waals surface area contributed by atoms with Gasteiger partial charge in [-0.15, -0.1) is 0 Å². The minimum atomic E-state index is -0.0702. The number of piperidine rings is 1.